The molecule has 1 aliphatic rings. The molecular formula is C16H23NO2S. The van der Waals surface area contributed by atoms with Crippen LogP contribution in [-0.2, 0) is 4.79 Å². The SMILES string of the molecule is Cc1ccc(SCCC(=O)NC2(CO)CCCC2)cc1. The van der Waals surface area contributed by atoms with Gasteiger partial charge in [0, 0.05) is 17.1 Å². The van der Waals surface area contributed by atoms with Gasteiger partial charge in [0.15, 0.2) is 0 Å². The van der Waals surface area contributed by atoms with Gasteiger partial charge in [0.2, 0.25) is 5.91 Å². The fourth-order valence-electron chi connectivity index (χ4n) is 2.63. The lowest BCUT2D eigenvalue weighted by molar-refractivity contribution is -0.123. The maximum absolute atomic E-state index is 12.0. The lowest BCUT2D eigenvalue weighted by Crippen LogP contribution is -2.49. The molecule has 0 unspecified atom stereocenters. The predicted molar refractivity (Wildman–Crippen MR) is 82.9 cm³/mol. The number of hydrogen-bond donors (Lipinski definition) is 2. The smallest absolute Gasteiger partial charge is 0.221 e. The van der Waals surface area contributed by atoms with E-state index in [-0.39, 0.29) is 18.1 Å². The monoisotopic (exact) mass is 293 g/mol. The van der Waals surface area contributed by atoms with Gasteiger partial charge in [-0.25, -0.2) is 0 Å². The van der Waals surface area contributed by atoms with Gasteiger partial charge in [0.25, 0.3) is 0 Å². The van der Waals surface area contributed by atoms with Crippen molar-refractivity contribution in [2.45, 2.75) is 49.5 Å². The molecule has 1 aromatic rings. The molecule has 0 radical (unpaired) electrons. The first-order chi connectivity index (χ1) is 9.63. The molecule has 110 valence electrons. The van der Waals surface area contributed by atoms with Crippen molar-refractivity contribution in [3.05, 3.63) is 29.8 Å². The number of thioether (sulfide) groups is 1. The maximum Gasteiger partial charge on any atom is 0.221 e. The van der Waals surface area contributed by atoms with E-state index in [1.807, 2.05) is 0 Å². The molecule has 3 nitrogen and oxygen atoms in total. The van der Waals surface area contributed by atoms with Gasteiger partial charge in [-0.2, -0.15) is 0 Å². The van der Waals surface area contributed by atoms with Crippen molar-refractivity contribution in [3.8, 4) is 0 Å². The Bertz CT molecular complexity index is 438. The van der Waals surface area contributed by atoms with Crippen LogP contribution < -0.4 is 5.32 Å². The molecule has 1 fully saturated rings. The van der Waals surface area contributed by atoms with Gasteiger partial charge in [0.1, 0.15) is 0 Å². The Balaban J connectivity index is 1.73. The summed E-state index contributed by atoms with van der Waals surface area (Å²) in [6.45, 7) is 2.13. The largest absolute Gasteiger partial charge is 0.394 e. The summed E-state index contributed by atoms with van der Waals surface area (Å²) in [4.78, 5) is 13.2. The van der Waals surface area contributed by atoms with Crippen molar-refractivity contribution in [2.75, 3.05) is 12.4 Å². The van der Waals surface area contributed by atoms with Crippen LogP contribution in [0.15, 0.2) is 29.2 Å². The van der Waals surface area contributed by atoms with Crippen molar-refractivity contribution in [2.24, 2.45) is 0 Å². The van der Waals surface area contributed by atoms with E-state index in [2.05, 4.69) is 36.5 Å². The third kappa shape index (κ3) is 4.25. The minimum absolute atomic E-state index is 0.0561. The number of hydrogen-bond acceptors (Lipinski definition) is 3. The molecule has 0 atom stereocenters. The zero-order valence-corrected chi connectivity index (χ0v) is 12.8. The van der Waals surface area contributed by atoms with Crippen LogP contribution in [0.25, 0.3) is 0 Å². The molecule has 2 rings (SSSR count). The van der Waals surface area contributed by atoms with Gasteiger partial charge in [-0.1, -0.05) is 30.5 Å². The van der Waals surface area contributed by atoms with E-state index in [0.717, 1.165) is 31.4 Å². The van der Waals surface area contributed by atoms with Gasteiger partial charge >= 0.3 is 0 Å². The second-order valence-corrected chi connectivity index (χ2v) is 6.77. The molecule has 1 aromatic carbocycles. The Labute approximate surface area is 125 Å². The van der Waals surface area contributed by atoms with Crippen molar-refractivity contribution in [1.29, 1.82) is 0 Å². The highest BCUT2D eigenvalue weighted by Gasteiger charge is 2.34. The standard InChI is InChI=1S/C16H23NO2S/c1-13-4-6-14(7-5-13)20-11-8-15(19)17-16(12-18)9-2-3-10-16/h4-7,18H,2-3,8-12H2,1H3,(H,17,19). The second-order valence-electron chi connectivity index (χ2n) is 5.61. The van der Waals surface area contributed by atoms with Gasteiger partial charge < -0.3 is 10.4 Å². The Morgan fingerprint density at radius 3 is 2.55 bits per heavy atom. The number of aliphatic hydroxyl groups is 1. The van der Waals surface area contributed by atoms with Crippen LogP contribution in [0.5, 0.6) is 0 Å². The number of benzene rings is 1. The van der Waals surface area contributed by atoms with Crippen LogP contribution in [0.2, 0.25) is 0 Å². The topological polar surface area (TPSA) is 49.3 Å². The number of rotatable bonds is 6. The Kier molecular flexibility index (Phi) is 5.49. The van der Waals surface area contributed by atoms with Crippen molar-refractivity contribution >= 4 is 17.7 Å². The summed E-state index contributed by atoms with van der Waals surface area (Å²) in [7, 11) is 0. The Morgan fingerprint density at radius 2 is 1.95 bits per heavy atom. The van der Waals surface area contributed by atoms with E-state index in [9.17, 15) is 9.90 Å². The van der Waals surface area contributed by atoms with E-state index >= 15 is 0 Å². The van der Waals surface area contributed by atoms with Crippen LogP contribution in [0, 0.1) is 6.92 Å². The average molecular weight is 293 g/mol. The molecule has 0 bridgehead atoms. The van der Waals surface area contributed by atoms with Crippen molar-refractivity contribution in [3.63, 3.8) is 0 Å². The number of amides is 1. The molecule has 0 aliphatic heterocycles. The molecule has 0 heterocycles. The molecular weight excluding hydrogens is 270 g/mol. The van der Waals surface area contributed by atoms with Crippen LogP contribution >= 0.6 is 11.8 Å². The first-order valence-corrected chi connectivity index (χ1v) is 8.23. The van der Waals surface area contributed by atoms with Gasteiger partial charge in [-0.3, -0.25) is 4.79 Å². The number of carbonyl (C=O) groups excluding carboxylic acids is 1. The van der Waals surface area contributed by atoms with Gasteiger partial charge in [0.05, 0.1) is 12.1 Å². The number of aliphatic hydroxyl groups excluding tert-OH is 1. The fraction of sp³-hybridized carbons (Fsp3) is 0.562. The van der Waals surface area contributed by atoms with E-state index in [1.165, 1.54) is 10.5 Å². The number of nitrogens with one attached hydrogen (secondary N) is 1. The molecule has 1 saturated carbocycles. The summed E-state index contributed by atoms with van der Waals surface area (Å²) in [5, 5.41) is 12.5. The molecule has 20 heavy (non-hydrogen) atoms. The normalized spacial score (nSPS) is 17.1. The van der Waals surface area contributed by atoms with Gasteiger partial charge in [-0.05, 0) is 31.9 Å². The maximum atomic E-state index is 12.0. The Hall–Kier alpha value is -1.00. The fourth-order valence-corrected chi connectivity index (χ4v) is 3.48. The average Bonchev–Trinajstić information content (AvgIpc) is 2.90. The third-order valence-electron chi connectivity index (χ3n) is 3.89. The highest BCUT2D eigenvalue weighted by Crippen LogP contribution is 2.29. The zero-order valence-electron chi connectivity index (χ0n) is 12.0. The number of aryl methyl sites for hydroxylation is 1. The first-order valence-electron chi connectivity index (χ1n) is 7.25. The predicted octanol–water partition coefficient (Wildman–Crippen LogP) is 2.90. The first kappa shape index (κ1) is 15.4. The van der Waals surface area contributed by atoms with Crippen LogP contribution in [-0.4, -0.2) is 28.9 Å². The molecule has 0 aromatic heterocycles. The van der Waals surface area contributed by atoms with Crippen molar-refractivity contribution in [1.82, 2.24) is 5.32 Å². The Morgan fingerprint density at radius 1 is 1.30 bits per heavy atom. The summed E-state index contributed by atoms with van der Waals surface area (Å²) in [5.74, 6) is 0.830. The lowest BCUT2D eigenvalue weighted by atomic mass is 9.99. The molecule has 2 N–H and O–H groups in total. The summed E-state index contributed by atoms with van der Waals surface area (Å²) in [5.41, 5.74) is 0.907. The zero-order chi connectivity index (χ0) is 14.4. The number of carbonyl (C=O) groups is 1. The van der Waals surface area contributed by atoms with E-state index in [1.54, 1.807) is 11.8 Å². The van der Waals surface area contributed by atoms with E-state index in [0.29, 0.717) is 6.42 Å². The van der Waals surface area contributed by atoms with Crippen LogP contribution in [0.4, 0.5) is 0 Å². The highest BCUT2D eigenvalue weighted by atomic mass is 32.2. The summed E-state index contributed by atoms with van der Waals surface area (Å²) in [6.07, 6.45) is 4.50. The van der Waals surface area contributed by atoms with E-state index in [4.69, 9.17) is 0 Å². The highest BCUT2D eigenvalue weighted by molar-refractivity contribution is 7.99. The van der Waals surface area contributed by atoms with Gasteiger partial charge in [-0.15, -0.1) is 11.8 Å². The molecule has 0 spiro atoms. The molecule has 1 amide bonds. The van der Waals surface area contributed by atoms with E-state index < -0.39 is 0 Å². The lowest BCUT2D eigenvalue weighted by Gasteiger charge is -2.27. The van der Waals surface area contributed by atoms with Crippen LogP contribution in [0.3, 0.4) is 0 Å². The van der Waals surface area contributed by atoms with Crippen molar-refractivity contribution < 1.29 is 9.90 Å². The summed E-state index contributed by atoms with van der Waals surface area (Å²) >= 11 is 1.70. The summed E-state index contributed by atoms with van der Waals surface area (Å²) in [6, 6.07) is 8.34. The second kappa shape index (κ2) is 7.14. The molecule has 1 aliphatic carbocycles. The molecule has 0 saturated heterocycles. The molecule has 4 heteroatoms. The van der Waals surface area contributed by atoms with Crippen LogP contribution in [0.1, 0.15) is 37.7 Å². The quantitative estimate of drug-likeness (QED) is 0.793. The summed E-state index contributed by atoms with van der Waals surface area (Å²) < 4.78 is 0. The third-order valence-corrected chi connectivity index (χ3v) is 4.90. The minimum atomic E-state index is -0.342. The minimum Gasteiger partial charge on any atom is -0.394 e.